The average molecular weight is 298 g/mol. The van der Waals surface area contributed by atoms with E-state index in [9.17, 15) is 5.11 Å². The zero-order chi connectivity index (χ0) is 14.6. The summed E-state index contributed by atoms with van der Waals surface area (Å²) in [7, 11) is 2.11. The first-order valence-corrected chi connectivity index (χ1v) is 7.58. The van der Waals surface area contributed by atoms with Gasteiger partial charge in [-0.1, -0.05) is 23.7 Å². The van der Waals surface area contributed by atoms with Gasteiger partial charge in [-0.15, -0.1) is 0 Å². The van der Waals surface area contributed by atoms with Crippen LogP contribution in [0.15, 0.2) is 24.3 Å². The van der Waals surface area contributed by atoms with Crippen LogP contribution in [-0.2, 0) is 4.74 Å². The molecule has 0 amide bonds. The van der Waals surface area contributed by atoms with E-state index >= 15 is 0 Å². The van der Waals surface area contributed by atoms with Crippen molar-refractivity contribution in [1.29, 1.82) is 0 Å². The number of hydrogen-bond donors (Lipinski definition) is 1. The monoisotopic (exact) mass is 297 g/mol. The van der Waals surface area contributed by atoms with Crippen LogP contribution in [0.25, 0.3) is 0 Å². The van der Waals surface area contributed by atoms with Gasteiger partial charge in [-0.05, 0) is 44.5 Å². The van der Waals surface area contributed by atoms with E-state index in [1.165, 1.54) is 5.56 Å². The number of hydrogen-bond acceptors (Lipinski definition) is 3. The molecule has 1 unspecified atom stereocenters. The van der Waals surface area contributed by atoms with Gasteiger partial charge in [-0.2, -0.15) is 0 Å². The first kappa shape index (κ1) is 15.8. The molecule has 1 heterocycles. The molecule has 0 spiro atoms. The minimum absolute atomic E-state index is 0.0279. The van der Waals surface area contributed by atoms with Gasteiger partial charge in [0.25, 0.3) is 0 Å². The van der Waals surface area contributed by atoms with Gasteiger partial charge in [0.1, 0.15) is 0 Å². The lowest BCUT2D eigenvalue weighted by molar-refractivity contribution is -0.0355. The number of ether oxygens (including phenoxy) is 1. The zero-order valence-electron chi connectivity index (χ0n) is 12.3. The number of benzene rings is 1. The third kappa shape index (κ3) is 3.73. The molecule has 3 nitrogen and oxygen atoms in total. The molecule has 1 aliphatic rings. The minimum Gasteiger partial charge on any atom is -0.396 e. The molecule has 0 saturated carbocycles. The second-order valence-electron chi connectivity index (χ2n) is 5.92. The SMILES string of the molecule is CC(c1cccc(Cl)c1)N(C)CC1(CO)CCOCC1. The standard InChI is InChI=1S/C16H24ClNO2/c1-13(14-4-3-5-15(17)10-14)18(2)11-16(12-19)6-8-20-9-7-16/h3-5,10,13,19H,6-9,11-12H2,1-2H3. The Morgan fingerprint density at radius 1 is 1.40 bits per heavy atom. The van der Waals surface area contributed by atoms with Crippen molar-refractivity contribution in [3.63, 3.8) is 0 Å². The molecule has 112 valence electrons. The van der Waals surface area contributed by atoms with Gasteiger partial charge in [-0.3, -0.25) is 4.90 Å². The highest BCUT2D eigenvalue weighted by atomic mass is 35.5. The maximum Gasteiger partial charge on any atom is 0.0501 e. The predicted molar refractivity (Wildman–Crippen MR) is 82.1 cm³/mol. The van der Waals surface area contributed by atoms with Gasteiger partial charge >= 0.3 is 0 Å². The van der Waals surface area contributed by atoms with Gasteiger partial charge in [0.15, 0.2) is 0 Å². The van der Waals surface area contributed by atoms with E-state index < -0.39 is 0 Å². The van der Waals surface area contributed by atoms with Crippen LogP contribution in [0.5, 0.6) is 0 Å². The third-order valence-corrected chi connectivity index (χ3v) is 4.70. The van der Waals surface area contributed by atoms with Crippen LogP contribution in [0.1, 0.15) is 31.4 Å². The number of aliphatic hydroxyl groups is 1. The normalized spacial score (nSPS) is 20.1. The summed E-state index contributed by atoms with van der Waals surface area (Å²) in [6, 6.07) is 8.27. The molecule has 0 aromatic heterocycles. The van der Waals surface area contributed by atoms with E-state index in [1.807, 2.05) is 18.2 Å². The number of nitrogens with zero attached hydrogens (tertiary/aromatic N) is 1. The average Bonchev–Trinajstić information content (AvgIpc) is 2.47. The molecular weight excluding hydrogens is 274 g/mol. The molecule has 0 bridgehead atoms. The Labute approximate surface area is 126 Å². The Morgan fingerprint density at radius 2 is 2.10 bits per heavy atom. The van der Waals surface area contributed by atoms with Crippen LogP contribution >= 0.6 is 11.6 Å². The molecule has 1 fully saturated rings. The fraction of sp³-hybridized carbons (Fsp3) is 0.625. The molecule has 0 aliphatic carbocycles. The summed E-state index contributed by atoms with van der Waals surface area (Å²) < 4.78 is 5.42. The fourth-order valence-corrected chi connectivity index (χ4v) is 3.06. The number of aliphatic hydroxyl groups excluding tert-OH is 1. The van der Waals surface area contributed by atoms with E-state index in [0.29, 0.717) is 0 Å². The molecule has 1 aliphatic heterocycles. The molecular formula is C16H24ClNO2. The van der Waals surface area contributed by atoms with Crippen molar-refractivity contribution in [3.05, 3.63) is 34.9 Å². The summed E-state index contributed by atoms with van der Waals surface area (Å²) >= 11 is 6.07. The van der Waals surface area contributed by atoms with Crippen molar-refractivity contribution in [2.75, 3.05) is 33.4 Å². The second-order valence-corrected chi connectivity index (χ2v) is 6.35. The zero-order valence-corrected chi connectivity index (χ0v) is 13.1. The largest absolute Gasteiger partial charge is 0.396 e. The predicted octanol–water partition coefficient (Wildman–Crippen LogP) is 3.12. The molecule has 1 atom stereocenters. The Morgan fingerprint density at radius 3 is 2.70 bits per heavy atom. The molecule has 1 aromatic carbocycles. The highest BCUT2D eigenvalue weighted by molar-refractivity contribution is 6.30. The number of halogens is 1. The fourth-order valence-electron chi connectivity index (χ4n) is 2.86. The van der Waals surface area contributed by atoms with Crippen molar-refractivity contribution >= 4 is 11.6 Å². The van der Waals surface area contributed by atoms with Crippen molar-refractivity contribution < 1.29 is 9.84 Å². The summed E-state index contributed by atoms with van der Waals surface area (Å²) in [4.78, 5) is 2.30. The topological polar surface area (TPSA) is 32.7 Å². The molecule has 2 rings (SSSR count). The highest BCUT2D eigenvalue weighted by Crippen LogP contribution is 2.33. The van der Waals surface area contributed by atoms with Crippen LogP contribution in [0, 0.1) is 5.41 Å². The quantitative estimate of drug-likeness (QED) is 0.906. The van der Waals surface area contributed by atoms with E-state index in [2.05, 4.69) is 24.9 Å². The van der Waals surface area contributed by atoms with E-state index in [1.54, 1.807) is 0 Å². The summed E-state index contributed by atoms with van der Waals surface area (Å²) in [5.41, 5.74) is 1.18. The van der Waals surface area contributed by atoms with Gasteiger partial charge in [0.2, 0.25) is 0 Å². The number of rotatable bonds is 5. The van der Waals surface area contributed by atoms with Crippen molar-refractivity contribution in [2.45, 2.75) is 25.8 Å². The van der Waals surface area contributed by atoms with Crippen molar-refractivity contribution in [1.82, 2.24) is 4.90 Å². The van der Waals surface area contributed by atoms with E-state index in [-0.39, 0.29) is 18.1 Å². The highest BCUT2D eigenvalue weighted by Gasteiger charge is 2.34. The molecule has 1 saturated heterocycles. The van der Waals surface area contributed by atoms with E-state index in [0.717, 1.165) is 37.6 Å². The molecule has 1 aromatic rings. The molecule has 1 N–H and O–H groups in total. The van der Waals surface area contributed by atoms with Crippen LogP contribution in [0.2, 0.25) is 5.02 Å². The molecule has 0 radical (unpaired) electrons. The summed E-state index contributed by atoms with van der Waals surface area (Å²) in [6.07, 6.45) is 1.85. The van der Waals surface area contributed by atoms with Crippen molar-refractivity contribution in [2.24, 2.45) is 5.41 Å². The maximum absolute atomic E-state index is 9.78. The van der Waals surface area contributed by atoms with Crippen molar-refractivity contribution in [3.8, 4) is 0 Å². The Bertz CT molecular complexity index is 432. The first-order valence-electron chi connectivity index (χ1n) is 7.21. The lowest BCUT2D eigenvalue weighted by atomic mass is 9.80. The van der Waals surface area contributed by atoms with Gasteiger partial charge in [-0.25, -0.2) is 0 Å². The summed E-state index contributed by atoms with van der Waals surface area (Å²) in [6.45, 7) is 4.78. The first-order chi connectivity index (χ1) is 9.56. The Kier molecular flexibility index (Phi) is 5.44. The summed E-state index contributed by atoms with van der Waals surface area (Å²) in [5, 5.41) is 10.6. The van der Waals surface area contributed by atoms with Crippen LogP contribution in [0.3, 0.4) is 0 Å². The molecule has 20 heavy (non-hydrogen) atoms. The minimum atomic E-state index is -0.0279. The Hall–Kier alpha value is -0.610. The van der Waals surface area contributed by atoms with Gasteiger partial charge < -0.3 is 9.84 Å². The van der Waals surface area contributed by atoms with Crippen LogP contribution in [0.4, 0.5) is 0 Å². The van der Waals surface area contributed by atoms with Crippen LogP contribution in [-0.4, -0.2) is 43.4 Å². The maximum atomic E-state index is 9.78. The second kappa shape index (κ2) is 6.90. The Balaban J connectivity index is 2.04. The van der Waals surface area contributed by atoms with Crippen LogP contribution < -0.4 is 0 Å². The third-order valence-electron chi connectivity index (χ3n) is 4.47. The molecule has 4 heteroatoms. The van der Waals surface area contributed by atoms with E-state index in [4.69, 9.17) is 16.3 Å². The van der Waals surface area contributed by atoms with Gasteiger partial charge in [0, 0.05) is 36.2 Å². The lowest BCUT2D eigenvalue weighted by Crippen LogP contribution is -2.43. The lowest BCUT2D eigenvalue weighted by Gasteiger charge is -2.40. The summed E-state index contributed by atoms with van der Waals surface area (Å²) in [5.74, 6) is 0. The smallest absolute Gasteiger partial charge is 0.0501 e. The van der Waals surface area contributed by atoms with Gasteiger partial charge in [0.05, 0.1) is 6.61 Å².